The summed E-state index contributed by atoms with van der Waals surface area (Å²) >= 11 is 0. The first-order chi connectivity index (χ1) is 41.0. The fourth-order valence-corrected chi connectivity index (χ4v) is 15.3. The molecule has 2 unspecified atom stereocenters. The first-order valence-electron chi connectivity index (χ1n) is 35.1. The smallest absolute Gasteiger partial charge is 0.418 e. The average molecular weight is 1210 g/mol. The van der Waals surface area contributed by atoms with Crippen LogP contribution in [0.5, 0.6) is 23.0 Å². The van der Waals surface area contributed by atoms with Crippen LogP contribution in [0.2, 0.25) is 0 Å². The molecule has 6 nitrogen and oxygen atoms in total. The molecule has 0 bridgehead atoms. The summed E-state index contributed by atoms with van der Waals surface area (Å²) in [5.41, 5.74) is 9.21. The van der Waals surface area contributed by atoms with Gasteiger partial charge in [-0.15, -0.1) is 0 Å². The molecule has 476 valence electrons. The van der Waals surface area contributed by atoms with Crippen LogP contribution in [-0.2, 0) is 25.3 Å². The van der Waals surface area contributed by atoms with Crippen LogP contribution in [0.25, 0.3) is 0 Å². The Labute approximate surface area is 524 Å². The number of unbranched alkanes of at least 4 members (excludes halogenated alkanes) is 22. The molecule has 2 aliphatic rings. The summed E-state index contributed by atoms with van der Waals surface area (Å²) < 4.78 is 41.0. The molecule has 2 fully saturated rings. The highest BCUT2D eigenvalue weighted by Crippen LogP contribution is 2.51. The lowest BCUT2D eigenvalue weighted by molar-refractivity contribution is 0.256. The zero-order chi connectivity index (χ0) is 60.9. The van der Waals surface area contributed by atoms with Crippen molar-refractivity contribution in [1.29, 1.82) is 0 Å². The van der Waals surface area contributed by atoms with E-state index in [9.17, 15) is 0 Å². The lowest BCUT2D eigenvalue weighted by atomic mass is 9.71. The van der Waals surface area contributed by atoms with Crippen LogP contribution >= 0.6 is 17.2 Å². The topological polar surface area (TPSA) is 55.4 Å². The van der Waals surface area contributed by atoms with Crippen molar-refractivity contribution in [2.45, 2.75) is 329 Å². The highest BCUT2D eigenvalue weighted by Gasteiger charge is 2.35. The maximum atomic E-state index is 7.06. The largest absolute Gasteiger partial charge is 0.463 e. The standard InChI is InChI=1S/C77H122O6P2/c1-13-15-17-19-21-23-25-27-29-31-33-41-55-78-84(80-67-51-47-65(48-52-67)63-43-37-35-38-44-63)82-73-57-61(3)69(59-71(73)75(5,6)7)77(11,12)70-60-72(76(8,9)10)74(58-62(70)4)83-85(79-56-42-34-32-30-28-26-24-22-20-18-16-14-2)81-68-53-49-66(50-54-68)64-45-39-36-40-46-64/h47-54,57-60,63-64H,13-46,55-56H2,1-12H3. The Morgan fingerprint density at radius 3 is 0.941 bits per heavy atom. The monoisotopic (exact) mass is 1200 g/mol. The minimum Gasteiger partial charge on any atom is -0.418 e. The van der Waals surface area contributed by atoms with Gasteiger partial charge in [0, 0.05) is 16.5 Å². The fraction of sp³-hybridized carbons (Fsp3) is 0.688. The molecule has 2 saturated carbocycles. The van der Waals surface area contributed by atoms with Crippen LogP contribution in [0.15, 0.2) is 72.8 Å². The third kappa shape index (κ3) is 24.6. The van der Waals surface area contributed by atoms with Gasteiger partial charge < -0.3 is 18.1 Å². The van der Waals surface area contributed by atoms with Crippen molar-refractivity contribution < 1.29 is 27.1 Å². The molecule has 0 aromatic heterocycles. The maximum absolute atomic E-state index is 7.06. The summed E-state index contributed by atoms with van der Waals surface area (Å²) in [7, 11) is -3.47. The van der Waals surface area contributed by atoms with Gasteiger partial charge in [-0.1, -0.05) is 285 Å². The molecule has 0 radical (unpaired) electrons. The van der Waals surface area contributed by atoms with Gasteiger partial charge in [-0.3, -0.25) is 9.05 Å². The Morgan fingerprint density at radius 1 is 0.353 bits per heavy atom. The zero-order valence-corrected chi connectivity index (χ0v) is 58.2. The van der Waals surface area contributed by atoms with E-state index in [4.69, 9.17) is 27.1 Å². The minimum absolute atomic E-state index is 0.226. The molecule has 0 saturated heterocycles. The molecule has 0 spiro atoms. The van der Waals surface area contributed by atoms with Crippen LogP contribution in [0.3, 0.4) is 0 Å². The van der Waals surface area contributed by atoms with Gasteiger partial charge in [-0.05, 0) is 145 Å². The van der Waals surface area contributed by atoms with Crippen molar-refractivity contribution in [3.63, 3.8) is 0 Å². The zero-order valence-electron chi connectivity index (χ0n) is 56.4. The number of hydrogen-bond donors (Lipinski definition) is 0. The van der Waals surface area contributed by atoms with Crippen LogP contribution in [-0.4, -0.2) is 13.2 Å². The minimum atomic E-state index is -1.73. The highest BCUT2D eigenvalue weighted by atomic mass is 31.2. The Kier molecular flexibility index (Phi) is 31.5. The van der Waals surface area contributed by atoms with Gasteiger partial charge >= 0.3 is 17.2 Å². The number of benzene rings is 4. The Morgan fingerprint density at radius 2 is 0.647 bits per heavy atom. The van der Waals surface area contributed by atoms with Crippen molar-refractivity contribution in [1.82, 2.24) is 0 Å². The van der Waals surface area contributed by atoms with Crippen molar-refractivity contribution >= 4 is 17.2 Å². The third-order valence-electron chi connectivity index (χ3n) is 18.6. The van der Waals surface area contributed by atoms with Gasteiger partial charge in [-0.2, -0.15) is 0 Å². The van der Waals surface area contributed by atoms with Crippen molar-refractivity contribution in [3.05, 3.63) is 117 Å². The first kappa shape index (κ1) is 70.9. The van der Waals surface area contributed by atoms with E-state index in [-0.39, 0.29) is 16.2 Å². The Balaban J connectivity index is 1.19. The predicted molar refractivity (Wildman–Crippen MR) is 367 cm³/mol. The number of aryl methyl sites for hydroxylation is 2. The molecule has 0 N–H and O–H groups in total. The van der Waals surface area contributed by atoms with Crippen LogP contribution < -0.4 is 18.1 Å². The quantitative estimate of drug-likeness (QED) is 0.0327. The molecule has 2 aliphatic carbocycles. The second-order valence-electron chi connectivity index (χ2n) is 28.5. The van der Waals surface area contributed by atoms with Crippen LogP contribution in [0.4, 0.5) is 0 Å². The van der Waals surface area contributed by atoms with Crippen LogP contribution in [0.1, 0.15) is 344 Å². The van der Waals surface area contributed by atoms with Gasteiger partial charge in [0.1, 0.15) is 23.0 Å². The average Bonchev–Trinajstić information content (AvgIpc) is 1.10. The lowest BCUT2D eigenvalue weighted by Gasteiger charge is -2.35. The second kappa shape index (κ2) is 37.8. The molecule has 2 atom stereocenters. The normalized spacial score (nSPS) is 15.5. The van der Waals surface area contributed by atoms with E-state index in [0.29, 0.717) is 25.0 Å². The van der Waals surface area contributed by atoms with E-state index < -0.39 is 17.2 Å². The van der Waals surface area contributed by atoms with E-state index in [2.05, 4.69) is 156 Å². The predicted octanol–water partition coefficient (Wildman–Crippen LogP) is 26.1. The molecular formula is C77H122O6P2. The molecule has 6 rings (SSSR count). The van der Waals surface area contributed by atoms with Crippen molar-refractivity contribution in [3.8, 4) is 23.0 Å². The Bertz CT molecular complexity index is 2270. The summed E-state index contributed by atoms with van der Waals surface area (Å²) in [6.07, 6.45) is 44.4. The van der Waals surface area contributed by atoms with Crippen molar-refractivity contribution in [2.24, 2.45) is 0 Å². The summed E-state index contributed by atoms with van der Waals surface area (Å²) in [6.45, 7) is 28.8. The van der Waals surface area contributed by atoms with Gasteiger partial charge in [0.05, 0.1) is 13.2 Å². The fourth-order valence-electron chi connectivity index (χ4n) is 13.3. The number of hydrogen-bond acceptors (Lipinski definition) is 6. The van der Waals surface area contributed by atoms with E-state index in [1.165, 1.54) is 226 Å². The second-order valence-corrected chi connectivity index (χ2v) is 30.7. The molecule has 0 amide bonds. The first-order valence-corrected chi connectivity index (χ1v) is 37.3. The molecule has 0 heterocycles. The number of rotatable bonds is 40. The van der Waals surface area contributed by atoms with Gasteiger partial charge in [0.2, 0.25) is 0 Å². The van der Waals surface area contributed by atoms with E-state index >= 15 is 0 Å². The molecule has 0 aliphatic heterocycles. The summed E-state index contributed by atoms with van der Waals surface area (Å²) in [6, 6.07) is 27.0. The summed E-state index contributed by atoms with van der Waals surface area (Å²) in [5.74, 6) is 4.56. The Hall–Kier alpha value is -3.14. The maximum Gasteiger partial charge on any atom is 0.463 e. The van der Waals surface area contributed by atoms with Gasteiger partial charge in [0.15, 0.2) is 0 Å². The highest BCUT2D eigenvalue weighted by molar-refractivity contribution is 7.42. The molecule has 85 heavy (non-hydrogen) atoms. The summed E-state index contributed by atoms with van der Waals surface area (Å²) in [4.78, 5) is 0. The SMILES string of the molecule is CCCCCCCCCCCCCCOP(Oc1ccc(C2CCCCC2)cc1)Oc1cc(C)c(C(C)(C)c2cc(C(C)(C)C)c(OP(OCCCCCCCCCCCCCC)Oc3ccc(C4CCCCC4)cc3)cc2C)cc1C(C)(C)C. The lowest BCUT2D eigenvalue weighted by Crippen LogP contribution is -2.25. The van der Waals surface area contributed by atoms with Gasteiger partial charge in [-0.25, -0.2) is 0 Å². The molecule has 8 heteroatoms. The van der Waals surface area contributed by atoms with Crippen LogP contribution in [0, 0.1) is 13.8 Å². The molecule has 4 aromatic carbocycles. The molecule has 4 aromatic rings. The van der Waals surface area contributed by atoms with E-state index in [1.54, 1.807) is 0 Å². The van der Waals surface area contributed by atoms with E-state index in [1.807, 2.05) is 0 Å². The van der Waals surface area contributed by atoms with E-state index in [0.717, 1.165) is 59.8 Å². The van der Waals surface area contributed by atoms with Crippen molar-refractivity contribution in [2.75, 3.05) is 13.2 Å². The summed E-state index contributed by atoms with van der Waals surface area (Å²) in [5, 5.41) is 0. The molecular weight excluding hydrogens is 1080 g/mol. The third-order valence-corrected chi connectivity index (χ3v) is 20.8. The van der Waals surface area contributed by atoms with Gasteiger partial charge in [0.25, 0.3) is 0 Å².